The third-order valence-corrected chi connectivity index (χ3v) is 1.41. The molecule has 1 rings (SSSR count). The molecule has 0 amide bonds. The van der Waals surface area contributed by atoms with Crippen LogP contribution in [0, 0.1) is 0 Å². The third kappa shape index (κ3) is 2.13. The normalized spacial score (nSPS) is 31.3. The molecule has 1 aliphatic rings. The summed E-state index contributed by atoms with van der Waals surface area (Å²) in [5, 5.41) is 19.8. The number of carbonyl (C=O) groups is 1. The van der Waals surface area contributed by atoms with Gasteiger partial charge in [0.1, 0.15) is 6.04 Å². The lowest BCUT2D eigenvalue weighted by Gasteiger charge is -1.99. The van der Waals surface area contributed by atoms with Gasteiger partial charge in [0.15, 0.2) is 0 Å². The lowest BCUT2D eigenvalue weighted by molar-refractivity contribution is -0.139. The van der Waals surface area contributed by atoms with E-state index in [9.17, 15) is 4.79 Å². The highest BCUT2D eigenvalue weighted by Gasteiger charge is 2.27. The van der Waals surface area contributed by atoms with E-state index < -0.39 is 18.1 Å². The predicted octanol–water partition coefficient (Wildman–Crippen LogP) is -0.784. The molecule has 5 heteroatoms. The molecule has 1 fully saturated rings. The molecule has 4 nitrogen and oxygen atoms in total. The summed E-state index contributed by atoms with van der Waals surface area (Å²) in [6.45, 7) is 0.400. The summed E-state index contributed by atoms with van der Waals surface area (Å²) < 4.78 is 0. The SMILES string of the molecule is Cl.O=C(O)C1C[C@H](O)CN1. The Balaban J connectivity index is 0.000000810. The number of nitrogens with one attached hydrogen (secondary N) is 1. The largest absolute Gasteiger partial charge is 0.480 e. The molecule has 1 heterocycles. The molecule has 2 atom stereocenters. The molecule has 1 aliphatic heterocycles. The van der Waals surface area contributed by atoms with Crippen molar-refractivity contribution in [2.75, 3.05) is 6.54 Å². The Morgan fingerprint density at radius 3 is 2.40 bits per heavy atom. The minimum Gasteiger partial charge on any atom is -0.480 e. The van der Waals surface area contributed by atoms with Gasteiger partial charge in [-0.2, -0.15) is 0 Å². The lowest BCUT2D eigenvalue weighted by atomic mass is 10.2. The highest BCUT2D eigenvalue weighted by Crippen LogP contribution is 2.05. The first-order valence-corrected chi connectivity index (χ1v) is 2.84. The summed E-state index contributed by atoms with van der Waals surface area (Å²) in [6.07, 6.45) is -0.152. The quantitative estimate of drug-likeness (QED) is 0.479. The van der Waals surface area contributed by atoms with Crippen molar-refractivity contribution >= 4 is 18.4 Å². The summed E-state index contributed by atoms with van der Waals surface area (Å²) >= 11 is 0. The fraction of sp³-hybridized carbons (Fsp3) is 0.800. The maximum atomic E-state index is 10.2. The fourth-order valence-electron chi connectivity index (χ4n) is 0.905. The predicted molar refractivity (Wildman–Crippen MR) is 37.3 cm³/mol. The Morgan fingerprint density at radius 2 is 2.20 bits per heavy atom. The van der Waals surface area contributed by atoms with Gasteiger partial charge in [-0.25, -0.2) is 0 Å². The van der Waals surface area contributed by atoms with Crippen molar-refractivity contribution in [3.05, 3.63) is 0 Å². The van der Waals surface area contributed by atoms with E-state index in [1.54, 1.807) is 0 Å². The Morgan fingerprint density at radius 1 is 1.60 bits per heavy atom. The molecule has 0 radical (unpaired) electrons. The smallest absolute Gasteiger partial charge is 0.320 e. The van der Waals surface area contributed by atoms with E-state index in [0.29, 0.717) is 13.0 Å². The minimum absolute atomic E-state index is 0. The van der Waals surface area contributed by atoms with Crippen LogP contribution in [0.5, 0.6) is 0 Å². The van der Waals surface area contributed by atoms with Crippen molar-refractivity contribution in [2.45, 2.75) is 18.6 Å². The van der Waals surface area contributed by atoms with Crippen LogP contribution in [-0.4, -0.2) is 34.9 Å². The maximum absolute atomic E-state index is 10.2. The number of rotatable bonds is 1. The van der Waals surface area contributed by atoms with Gasteiger partial charge >= 0.3 is 5.97 Å². The number of hydrogen-bond donors (Lipinski definition) is 3. The van der Waals surface area contributed by atoms with Gasteiger partial charge in [-0.3, -0.25) is 4.79 Å². The van der Waals surface area contributed by atoms with Crippen LogP contribution in [0.1, 0.15) is 6.42 Å². The van der Waals surface area contributed by atoms with Crippen molar-refractivity contribution in [3.63, 3.8) is 0 Å². The Hall–Kier alpha value is -0.320. The van der Waals surface area contributed by atoms with Gasteiger partial charge in [0, 0.05) is 13.0 Å². The van der Waals surface area contributed by atoms with Crippen LogP contribution in [0.15, 0.2) is 0 Å². The molecular weight excluding hydrogens is 158 g/mol. The molecule has 0 saturated carbocycles. The molecule has 60 valence electrons. The lowest BCUT2D eigenvalue weighted by Crippen LogP contribution is -2.29. The molecule has 0 aromatic heterocycles. The van der Waals surface area contributed by atoms with Crippen LogP contribution in [0.3, 0.4) is 0 Å². The average molecular weight is 168 g/mol. The van der Waals surface area contributed by atoms with Gasteiger partial charge in [-0.15, -0.1) is 12.4 Å². The van der Waals surface area contributed by atoms with Crippen LogP contribution in [-0.2, 0) is 4.79 Å². The number of carboxylic acid groups (broad SMARTS) is 1. The zero-order chi connectivity index (χ0) is 6.85. The summed E-state index contributed by atoms with van der Waals surface area (Å²) in [7, 11) is 0. The molecule has 0 spiro atoms. The van der Waals surface area contributed by atoms with Crippen LogP contribution in [0.4, 0.5) is 0 Å². The zero-order valence-corrected chi connectivity index (χ0v) is 6.10. The fourth-order valence-corrected chi connectivity index (χ4v) is 0.905. The van der Waals surface area contributed by atoms with Crippen LogP contribution >= 0.6 is 12.4 Å². The standard InChI is InChI=1S/C5H9NO3.ClH/c7-3-1-4(5(8)9)6-2-3;/h3-4,6-7H,1-2H2,(H,8,9);1H/t3-,4?;/m0./s1. The Bertz CT molecular complexity index is 130. The van der Waals surface area contributed by atoms with Gasteiger partial charge in [-0.1, -0.05) is 0 Å². The van der Waals surface area contributed by atoms with Crippen molar-refractivity contribution in [1.82, 2.24) is 5.32 Å². The minimum atomic E-state index is -0.883. The summed E-state index contributed by atoms with van der Waals surface area (Å²) in [5.41, 5.74) is 0. The van der Waals surface area contributed by atoms with E-state index in [2.05, 4.69) is 5.32 Å². The molecule has 0 aromatic carbocycles. The van der Waals surface area contributed by atoms with Crippen LogP contribution < -0.4 is 5.32 Å². The second-order valence-corrected chi connectivity index (χ2v) is 2.19. The Labute approximate surface area is 64.6 Å². The number of halogens is 1. The average Bonchev–Trinajstić information content (AvgIpc) is 2.14. The number of hydrogen-bond acceptors (Lipinski definition) is 3. The number of β-amino-alcohol motifs (C(OH)–C–C–N with tert-alkyl or cyclic N) is 1. The first-order chi connectivity index (χ1) is 4.20. The highest BCUT2D eigenvalue weighted by atomic mass is 35.5. The second kappa shape index (κ2) is 3.75. The summed E-state index contributed by atoms with van der Waals surface area (Å²) in [6, 6.07) is -0.542. The monoisotopic (exact) mass is 167 g/mol. The Kier molecular flexibility index (Phi) is 3.63. The molecule has 1 saturated heterocycles. The van der Waals surface area contributed by atoms with E-state index in [1.165, 1.54) is 0 Å². The highest BCUT2D eigenvalue weighted by molar-refractivity contribution is 5.85. The van der Waals surface area contributed by atoms with Gasteiger partial charge in [0.25, 0.3) is 0 Å². The molecule has 1 unspecified atom stereocenters. The molecule has 3 N–H and O–H groups in total. The topological polar surface area (TPSA) is 69.6 Å². The maximum Gasteiger partial charge on any atom is 0.320 e. The van der Waals surface area contributed by atoms with Crippen LogP contribution in [0.2, 0.25) is 0 Å². The van der Waals surface area contributed by atoms with E-state index in [1.807, 2.05) is 0 Å². The number of aliphatic hydroxyl groups excluding tert-OH is 1. The third-order valence-electron chi connectivity index (χ3n) is 1.41. The van der Waals surface area contributed by atoms with Gasteiger partial charge in [-0.05, 0) is 0 Å². The van der Waals surface area contributed by atoms with E-state index in [4.69, 9.17) is 10.2 Å². The number of aliphatic hydroxyl groups is 1. The number of aliphatic carboxylic acids is 1. The van der Waals surface area contributed by atoms with Gasteiger partial charge < -0.3 is 15.5 Å². The second-order valence-electron chi connectivity index (χ2n) is 2.19. The molecule has 10 heavy (non-hydrogen) atoms. The molecule has 0 aromatic rings. The van der Waals surface area contributed by atoms with Crippen molar-refractivity contribution < 1.29 is 15.0 Å². The van der Waals surface area contributed by atoms with Crippen molar-refractivity contribution in [1.29, 1.82) is 0 Å². The molecular formula is C5H10ClNO3. The van der Waals surface area contributed by atoms with Gasteiger partial charge in [0.05, 0.1) is 6.10 Å². The first-order valence-electron chi connectivity index (χ1n) is 2.84. The van der Waals surface area contributed by atoms with Crippen molar-refractivity contribution in [3.8, 4) is 0 Å². The molecule has 0 aliphatic carbocycles. The van der Waals surface area contributed by atoms with Crippen molar-refractivity contribution in [2.24, 2.45) is 0 Å². The van der Waals surface area contributed by atoms with Crippen LogP contribution in [0.25, 0.3) is 0 Å². The summed E-state index contributed by atoms with van der Waals surface area (Å²) in [4.78, 5) is 10.2. The van der Waals surface area contributed by atoms with E-state index in [-0.39, 0.29) is 12.4 Å². The number of carboxylic acids is 1. The summed E-state index contributed by atoms with van der Waals surface area (Å²) in [5.74, 6) is -0.883. The molecule has 0 bridgehead atoms. The van der Waals surface area contributed by atoms with E-state index >= 15 is 0 Å². The zero-order valence-electron chi connectivity index (χ0n) is 5.28. The van der Waals surface area contributed by atoms with Gasteiger partial charge in [0.2, 0.25) is 0 Å². The van der Waals surface area contributed by atoms with E-state index in [0.717, 1.165) is 0 Å². The first kappa shape index (κ1) is 9.68.